The van der Waals surface area contributed by atoms with Gasteiger partial charge in [-0.05, 0) is 30.2 Å². The highest BCUT2D eigenvalue weighted by Crippen LogP contribution is 2.27. The van der Waals surface area contributed by atoms with Crippen LogP contribution in [0.1, 0.15) is 20.8 Å². The van der Waals surface area contributed by atoms with Crippen molar-refractivity contribution in [3.05, 3.63) is 57.0 Å². The molecule has 3 aromatic rings. The summed E-state index contributed by atoms with van der Waals surface area (Å²) in [7, 11) is 7.19. The van der Waals surface area contributed by atoms with E-state index in [1.54, 1.807) is 21.0 Å². The zero-order valence-electron chi connectivity index (χ0n) is 17.6. The van der Waals surface area contributed by atoms with E-state index in [4.69, 9.17) is 4.74 Å². The molecule has 1 amide bonds. The van der Waals surface area contributed by atoms with Crippen molar-refractivity contribution >= 4 is 39.1 Å². The molecule has 0 aliphatic rings. The third-order valence-corrected chi connectivity index (χ3v) is 6.00. The number of fused-ring (bicyclic) bond motifs is 1. The first-order valence-electron chi connectivity index (χ1n) is 9.31. The van der Waals surface area contributed by atoms with Gasteiger partial charge in [0, 0.05) is 40.4 Å². The van der Waals surface area contributed by atoms with Crippen LogP contribution in [0.5, 0.6) is 0 Å². The number of esters is 1. The SMILES string of the molecule is Cc1c(C(=O)OCC(=O)N(C)Cc2ccc(N(C)C)cc2)sc2ncn(C)c(=O)c12. The number of carbonyl (C=O) groups excluding carboxylic acids is 2. The quantitative estimate of drug-likeness (QED) is 0.560. The van der Waals surface area contributed by atoms with Crippen molar-refractivity contribution in [3.8, 4) is 0 Å². The minimum absolute atomic E-state index is 0.219. The zero-order valence-corrected chi connectivity index (χ0v) is 18.4. The third kappa shape index (κ3) is 4.35. The van der Waals surface area contributed by atoms with E-state index in [0.717, 1.165) is 22.6 Å². The van der Waals surface area contributed by atoms with Crippen LogP contribution in [0, 0.1) is 6.92 Å². The largest absolute Gasteiger partial charge is 0.451 e. The molecule has 30 heavy (non-hydrogen) atoms. The van der Waals surface area contributed by atoms with Gasteiger partial charge >= 0.3 is 5.97 Å². The second-order valence-electron chi connectivity index (χ2n) is 7.28. The van der Waals surface area contributed by atoms with Crippen molar-refractivity contribution < 1.29 is 14.3 Å². The maximum Gasteiger partial charge on any atom is 0.349 e. The summed E-state index contributed by atoms with van der Waals surface area (Å²) in [5.41, 5.74) is 2.36. The molecule has 0 bridgehead atoms. The lowest BCUT2D eigenvalue weighted by molar-refractivity contribution is -0.133. The lowest BCUT2D eigenvalue weighted by Crippen LogP contribution is -2.30. The molecule has 0 saturated carbocycles. The molecule has 0 atom stereocenters. The molecule has 0 spiro atoms. The van der Waals surface area contributed by atoms with E-state index in [-0.39, 0.29) is 23.0 Å². The fourth-order valence-corrected chi connectivity index (χ4v) is 4.00. The number of amides is 1. The van der Waals surface area contributed by atoms with Gasteiger partial charge in [-0.3, -0.25) is 9.59 Å². The Morgan fingerprint density at radius 3 is 2.47 bits per heavy atom. The van der Waals surface area contributed by atoms with Gasteiger partial charge in [-0.25, -0.2) is 9.78 Å². The molecule has 8 nitrogen and oxygen atoms in total. The van der Waals surface area contributed by atoms with Crippen LogP contribution in [0.3, 0.4) is 0 Å². The molecule has 2 aromatic heterocycles. The van der Waals surface area contributed by atoms with E-state index in [1.807, 2.05) is 43.3 Å². The van der Waals surface area contributed by atoms with E-state index in [2.05, 4.69) is 4.98 Å². The van der Waals surface area contributed by atoms with Crippen LogP contribution in [-0.2, 0) is 23.1 Å². The average molecular weight is 429 g/mol. The highest BCUT2D eigenvalue weighted by molar-refractivity contribution is 7.20. The van der Waals surface area contributed by atoms with Crippen molar-refractivity contribution in [1.29, 1.82) is 0 Å². The van der Waals surface area contributed by atoms with E-state index in [9.17, 15) is 14.4 Å². The minimum atomic E-state index is -0.630. The summed E-state index contributed by atoms with van der Waals surface area (Å²) in [6.45, 7) is 1.72. The second-order valence-corrected chi connectivity index (χ2v) is 8.28. The summed E-state index contributed by atoms with van der Waals surface area (Å²) in [4.78, 5) is 45.6. The summed E-state index contributed by atoms with van der Waals surface area (Å²) in [5.74, 6) is -0.942. The molecule has 3 rings (SSSR count). The van der Waals surface area contributed by atoms with Gasteiger partial charge < -0.3 is 19.1 Å². The summed E-state index contributed by atoms with van der Waals surface area (Å²) >= 11 is 1.09. The molecular formula is C21H24N4O4S. The minimum Gasteiger partial charge on any atom is -0.451 e. The van der Waals surface area contributed by atoms with Crippen molar-refractivity contribution in [2.24, 2.45) is 7.05 Å². The Labute approximate surface area is 178 Å². The number of rotatable bonds is 6. The van der Waals surface area contributed by atoms with Gasteiger partial charge in [0.1, 0.15) is 9.71 Å². The first-order valence-corrected chi connectivity index (χ1v) is 10.1. The monoisotopic (exact) mass is 428 g/mol. The predicted octanol–water partition coefficient (Wildman–Crippen LogP) is 2.18. The fraction of sp³-hybridized carbons (Fsp3) is 0.333. The summed E-state index contributed by atoms with van der Waals surface area (Å²) in [6.07, 6.45) is 1.42. The maximum absolute atomic E-state index is 12.5. The lowest BCUT2D eigenvalue weighted by atomic mass is 10.2. The number of hydrogen-bond acceptors (Lipinski definition) is 7. The number of likely N-dealkylation sites (N-methyl/N-ethyl adjacent to an activating group) is 1. The third-order valence-electron chi connectivity index (χ3n) is 4.82. The summed E-state index contributed by atoms with van der Waals surface area (Å²) < 4.78 is 6.58. The van der Waals surface area contributed by atoms with E-state index < -0.39 is 5.97 Å². The molecule has 0 N–H and O–H groups in total. The number of nitrogens with zero attached hydrogens (tertiary/aromatic N) is 4. The molecule has 0 aliphatic heterocycles. The lowest BCUT2D eigenvalue weighted by Gasteiger charge is -2.18. The number of thiophene rings is 1. The number of aryl methyl sites for hydroxylation is 2. The molecule has 0 unspecified atom stereocenters. The number of anilines is 1. The molecule has 9 heteroatoms. The molecular weight excluding hydrogens is 404 g/mol. The number of benzene rings is 1. The second kappa shape index (κ2) is 8.66. The van der Waals surface area contributed by atoms with Crippen molar-refractivity contribution in [3.63, 3.8) is 0 Å². The topological polar surface area (TPSA) is 84.7 Å². The Morgan fingerprint density at radius 2 is 1.83 bits per heavy atom. The zero-order chi connectivity index (χ0) is 22.0. The maximum atomic E-state index is 12.5. The van der Waals surface area contributed by atoms with Crippen molar-refractivity contribution in [2.75, 3.05) is 32.6 Å². The van der Waals surface area contributed by atoms with Crippen molar-refractivity contribution in [2.45, 2.75) is 13.5 Å². The highest BCUT2D eigenvalue weighted by atomic mass is 32.1. The van der Waals surface area contributed by atoms with Crippen LogP contribution in [0.2, 0.25) is 0 Å². The van der Waals surface area contributed by atoms with Gasteiger partial charge in [-0.2, -0.15) is 0 Å². The van der Waals surface area contributed by atoms with Gasteiger partial charge in [-0.1, -0.05) is 12.1 Å². The number of aromatic nitrogens is 2. The van der Waals surface area contributed by atoms with Crippen LogP contribution < -0.4 is 10.5 Å². The van der Waals surface area contributed by atoms with Crippen LogP contribution in [-0.4, -0.2) is 54.1 Å². The average Bonchev–Trinajstić information content (AvgIpc) is 3.06. The van der Waals surface area contributed by atoms with Crippen LogP contribution in [0.15, 0.2) is 35.4 Å². The Hall–Kier alpha value is -3.20. The first-order chi connectivity index (χ1) is 14.2. The van der Waals surface area contributed by atoms with Crippen LogP contribution >= 0.6 is 11.3 Å². The Bertz CT molecular complexity index is 1150. The van der Waals surface area contributed by atoms with Crippen molar-refractivity contribution in [1.82, 2.24) is 14.5 Å². The smallest absolute Gasteiger partial charge is 0.349 e. The van der Waals surface area contributed by atoms with Gasteiger partial charge in [-0.15, -0.1) is 11.3 Å². The molecule has 0 radical (unpaired) electrons. The fourth-order valence-electron chi connectivity index (χ4n) is 2.97. The molecule has 2 heterocycles. The highest BCUT2D eigenvalue weighted by Gasteiger charge is 2.21. The van der Waals surface area contributed by atoms with Gasteiger partial charge in [0.2, 0.25) is 0 Å². The summed E-state index contributed by atoms with van der Waals surface area (Å²) in [5, 5.41) is 0.404. The Morgan fingerprint density at radius 1 is 1.17 bits per heavy atom. The molecule has 0 aliphatic carbocycles. The Balaban J connectivity index is 1.63. The normalized spacial score (nSPS) is 10.8. The first kappa shape index (κ1) is 21.5. The van der Waals surface area contributed by atoms with Gasteiger partial charge in [0.15, 0.2) is 6.61 Å². The van der Waals surface area contributed by atoms with Gasteiger partial charge in [0.25, 0.3) is 11.5 Å². The standard InChI is InChI=1S/C21H24N4O4S/c1-13-17-19(22-12-25(5)20(17)27)30-18(13)21(28)29-11-16(26)24(4)10-14-6-8-15(9-7-14)23(2)3/h6-9,12H,10-11H2,1-5H3. The van der Waals surface area contributed by atoms with E-state index >= 15 is 0 Å². The molecule has 1 aromatic carbocycles. The van der Waals surface area contributed by atoms with E-state index in [1.165, 1.54) is 15.8 Å². The molecule has 0 saturated heterocycles. The van der Waals surface area contributed by atoms with E-state index in [0.29, 0.717) is 22.3 Å². The van der Waals surface area contributed by atoms with Crippen LogP contribution in [0.25, 0.3) is 10.2 Å². The Kier molecular flexibility index (Phi) is 6.21. The summed E-state index contributed by atoms with van der Waals surface area (Å²) in [6, 6.07) is 7.88. The number of hydrogen-bond donors (Lipinski definition) is 0. The molecule has 0 fully saturated rings. The molecule has 158 valence electrons. The number of ether oxygens (including phenoxy) is 1. The van der Waals surface area contributed by atoms with Gasteiger partial charge in [0.05, 0.1) is 11.7 Å². The van der Waals surface area contributed by atoms with Crippen LogP contribution in [0.4, 0.5) is 5.69 Å². The predicted molar refractivity (Wildman–Crippen MR) is 117 cm³/mol. The number of carbonyl (C=O) groups is 2.